The number of rotatable bonds is 4. The van der Waals surface area contributed by atoms with Crippen molar-refractivity contribution in [3.8, 4) is 0 Å². The molecule has 0 aliphatic carbocycles. The van der Waals surface area contributed by atoms with Crippen molar-refractivity contribution >= 4 is 21.4 Å². The zero-order valence-corrected chi connectivity index (χ0v) is 13.2. The van der Waals surface area contributed by atoms with Crippen LogP contribution >= 0.6 is 0 Å². The largest absolute Gasteiger partial charge is 0.398 e. The third-order valence-corrected chi connectivity index (χ3v) is 4.95. The zero-order chi connectivity index (χ0) is 15.6. The van der Waals surface area contributed by atoms with Crippen molar-refractivity contribution in [1.29, 1.82) is 0 Å². The summed E-state index contributed by atoms with van der Waals surface area (Å²) in [5.74, 6) is 0.337. The van der Waals surface area contributed by atoms with Gasteiger partial charge in [-0.1, -0.05) is 32.0 Å². The molecule has 3 N–H and O–H groups in total. The zero-order valence-electron chi connectivity index (χ0n) is 12.4. The lowest BCUT2D eigenvalue weighted by Crippen LogP contribution is -2.15. The lowest BCUT2D eigenvalue weighted by atomic mass is 10.0. The number of anilines is 2. The maximum Gasteiger partial charge on any atom is 0.262 e. The van der Waals surface area contributed by atoms with E-state index in [9.17, 15) is 8.42 Å². The van der Waals surface area contributed by atoms with Gasteiger partial charge in [-0.2, -0.15) is 0 Å². The second-order valence-corrected chi connectivity index (χ2v) is 7.01. The summed E-state index contributed by atoms with van der Waals surface area (Å²) < 4.78 is 27.6. The van der Waals surface area contributed by atoms with Crippen LogP contribution in [0.25, 0.3) is 0 Å². The van der Waals surface area contributed by atoms with Crippen LogP contribution in [-0.4, -0.2) is 8.42 Å². The summed E-state index contributed by atoms with van der Waals surface area (Å²) in [6.07, 6.45) is 0. The number of nitrogens with one attached hydrogen (secondary N) is 1. The van der Waals surface area contributed by atoms with Crippen LogP contribution in [0.5, 0.6) is 0 Å². The average molecular weight is 304 g/mol. The summed E-state index contributed by atoms with van der Waals surface area (Å²) in [5, 5.41) is 0. The Morgan fingerprint density at radius 1 is 1.10 bits per heavy atom. The van der Waals surface area contributed by atoms with Crippen molar-refractivity contribution in [1.82, 2.24) is 0 Å². The number of nitrogens with two attached hydrogens (primary N) is 1. The molecule has 4 nitrogen and oxygen atoms in total. The third-order valence-electron chi connectivity index (χ3n) is 3.42. The molecule has 5 heteroatoms. The van der Waals surface area contributed by atoms with E-state index in [1.54, 1.807) is 31.2 Å². The van der Waals surface area contributed by atoms with E-state index >= 15 is 0 Å². The molecule has 0 spiro atoms. The van der Waals surface area contributed by atoms with Crippen molar-refractivity contribution in [2.75, 3.05) is 10.5 Å². The van der Waals surface area contributed by atoms with Crippen LogP contribution < -0.4 is 10.5 Å². The van der Waals surface area contributed by atoms with E-state index in [2.05, 4.69) is 18.6 Å². The highest BCUT2D eigenvalue weighted by Crippen LogP contribution is 2.24. The molecule has 0 atom stereocenters. The fourth-order valence-electron chi connectivity index (χ4n) is 2.09. The molecule has 112 valence electrons. The van der Waals surface area contributed by atoms with Crippen molar-refractivity contribution in [3.63, 3.8) is 0 Å². The monoisotopic (exact) mass is 304 g/mol. The maximum atomic E-state index is 12.5. The first kappa shape index (κ1) is 15.4. The molecule has 0 bridgehead atoms. The van der Waals surface area contributed by atoms with Gasteiger partial charge in [0, 0.05) is 11.4 Å². The highest BCUT2D eigenvalue weighted by Gasteiger charge is 2.18. The maximum absolute atomic E-state index is 12.5. The minimum Gasteiger partial charge on any atom is -0.398 e. The molecule has 21 heavy (non-hydrogen) atoms. The van der Waals surface area contributed by atoms with Gasteiger partial charge < -0.3 is 5.73 Å². The Morgan fingerprint density at radius 3 is 2.43 bits per heavy atom. The van der Waals surface area contributed by atoms with E-state index in [4.69, 9.17) is 5.73 Å². The SMILES string of the molecule is Cc1c(N)cccc1S(=O)(=O)Nc1cccc(C(C)C)c1. The average Bonchev–Trinajstić information content (AvgIpc) is 2.41. The lowest BCUT2D eigenvalue weighted by Gasteiger charge is -2.13. The molecule has 0 unspecified atom stereocenters. The van der Waals surface area contributed by atoms with Crippen LogP contribution in [0, 0.1) is 6.92 Å². The normalized spacial score (nSPS) is 11.6. The molecule has 0 aliphatic rings. The first-order valence-electron chi connectivity index (χ1n) is 6.79. The molecule has 0 saturated carbocycles. The van der Waals surface area contributed by atoms with Gasteiger partial charge in [-0.05, 0) is 48.2 Å². The summed E-state index contributed by atoms with van der Waals surface area (Å²) in [6, 6.07) is 12.3. The Morgan fingerprint density at radius 2 is 1.76 bits per heavy atom. The van der Waals surface area contributed by atoms with E-state index < -0.39 is 10.0 Å². The topological polar surface area (TPSA) is 72.2 Å². The van der Waals surface area contributed by atoms with Crippen LogP contribution in [0.4, 0.5) is 11.4 Å². The van der Waals surface area contributed by atoms with E-state index in [1.807, 2.05) is 18.2 Å². The van der Waals surface area contributed by atoms with Gasteiger partial charge >= 0.3 is 0 Å². The van der Waals surface area contributed by atoms with Gasteiger partial charge in [-0.15, -0.1) is 0 Å². The fraction of sp³-hybridized carbons (Fsp3) is 0.250. The summed E-state index contributed by atoms with van der Waals surface area (Å²) in [7, 11) is -3.64. The minimum atomic E-state index is -3.64. The predicted molar refractivity (Wildman–Crippen MR) is 86.9 cm³/mol. The Balaban J connectivity index is 2.38. The fourth-order valence-corrected chi connectivity index (χ4v) is 3.42. The van der Waals surface area contributed by atoms with E-state index in [1.165, 1.54) is 0 Å². The highest BCUT2D eigenvalue weighted by molar-refractivity contribution is 7.92. The van der Waals surface area contributed by atoms with Gasteiger partial charge in [0.2, 0.25) is 0 Å². The van der Waals surface area contributed by atoms with Crippen molar-refractivity contribution in [2.24, 2.45) is 0 Å². The van der Waals surface area contributed by atoms with E-state index in [0.29, 0.717) is 22.9 Å². The first-order valence-corrected chi connectivity index (χ1v) is 8.27. The number of sulfonamides is 1. The molecule has 2 aromatic carbocycles. The number of hydrogen-bond acceptors (Lipinski definition) is 3. The third kappa shape index (κ3) is 3.36. The van der Waals surface area contributed by atoms with Crippen LogP contribution in [0.3, 0.4) is 0 Å². The quantitative estimate of drug-likeness (QED) is 0.849. The Hall–Kier alpha value is -2.01. The molecule has 0 aliphatic heterocycles. The minimum absolute atomic E-state index is 0.206. The predicted octanol–water partition coefficient (Wildman–Crippen LogP) is 3.50. The number of benzene rings is 2. The van der Waals surface area contributed by atoms with Crippen LogP contribution in [0.2, 0.25) is 0 Å². The van der Waals surface area contributed by atoms with E-state index in [-0.39, 0.29) is 4.90 Å². The van der Waals surface area contributed by atoms with Crippen molar-refractivity contribution in [3.05, 3.63) is 53.6 Å². The molecular weight excluding hydrogens is 284 g/mol. The van der Waals surface area contributed by atoms with Crippen molar-refractivity contribution in [2.45, 2.75) is 31.6 Å². The van der Waals surface area contributed by atoms with Crippen molar-refractivity contribution < 1.29 is 8.42 Å². The molecule has 0 amide bonds. The van der Waals surface area contributed by atoms with Gasteiger partial charge in [0.1, 0.15) is 0 Å². The Kier molecular flexibility index (Phi) is 4.23. The second-order valence-electron chi connectivity index (χ2n) is 5.36. The van der Waals surface area contributed by atoms with Crippen LogP contribution in [0.1, 0.15) is 30.9 Å². The standard InChI is InChI=1S/C16H20N2O2S/c1-11(2)13-6-4-7-14(10-13)18-21(19,20)16-9-5-8-15(17)12(16)3/h4-11,18H,17H2,1-3H3. The van der Waals surface area contributed by atoms with Gasteiger partial charge in [0.05, 0.1) is 4.90 Å². The molecule has 0 aromatic heterocycles. The summed E-state index contributed by atoms with van der Waals surface area (Å²) in [4.78, 5) is 0.206. The molecule has 0 heterocycles. The summed E-state index contributed by atoms with van der Waals surface area (Å²) in [6.45, 7) is 5.83. The molecule has 2 rings (SSSR count). The van der Waals surface area contributed by atoms with Gasteiger partial charge in [-0.3, -0.25) is 4.72 Å². The first-order chi connectivity index (χ1) is 9.81. The van der Waals surface area contributed by atoms with Crippen LogP contribution in [-0.2, 0) is 10.0 Å². The number of hydrogen-bond donors (Lipinski definition) is 2. The highest BCUT2D eigenvalue weighted by atomic mass is 32.2. The van der Waals surface area contributed by atoms with E-state index in [0.717, 1.165) is 5.56 Å². The summed E-state index contributed by atoms with van der Waals surface area (Å²) >= 11 is 0. The second kappa shape index (κ2) is 5.77. The van der Waals surface area contributed by atoms with Gasteiger partial charge in [-0.25, -0.2) is 8.42 Å². The number of nitrogen functional groups attached to an aromatic ring is 1. The molecule has 0 radical (unpaired) electrons. The lowest BCUT2D eigenvalue weighted by molar-refractivity contribution is 0.600. The van der Waals surface area contributed by atoms with Gasteiger partial charge in [0.25, 0.3) is 10.0 Å². The molecule has 0 saturated heterocycles. The molecule has 2 aromatic rings. The van der Waals surface area contributed by atoms with Gasteiger partial charge in [0.15, 0.2) is 0 Å². The summed E-state index contributed by atoms with van der Waals surface area (Å²) in [5.41, 5.74) is 8.45. The Labute approximate surface area is 126 Å². The smallest absolute Gasteiger partial charge is 0.262 e. The molecular formula is C16H20N2O2S. The molecule has 0 fully saturated rings. The van der Waals surface area contributed by atoms with Crippen LogP contribution in [0.15, 0.2) is 47.4 Å². The Bertz CT molecular complexity index is 753.